The van der Waals surface area contributed by atoms with Crippen LogP contribution in [0.4, 0.5) is 4.79 Å². The van der Waals surface area contributed by atoms with E-state index in [-0.39, 0.29) is 11.6 Å². The summed E-state index contributed by atoms with van der Waals surface area (Å²) in [5.74, 6) is -0.641. The summed E-state index contributed by atoms with van der Waals surface area (Å²) in [6.07, 6.45) is 7.21. The van der Waals surface area contributed by atoms with Crippen molar-refractivity contribution in [1.82, 2.24) is 14.8 Å². The summed E-state index contributed by atoms with van der Waals surface area (Å²) in [5.41, 5.74) is 1.91. The average molecular weight is 379 g/mol. The minimum absolute atomic E-state index is 0.0268. The van der Waals surface area contributed by atoms with Crippen LogP contribution in [0.1, 0.15) is 45.1 Å². The van der Waals surface area contributed by atoms with Crippen LogP contribution in [-0.2, 0) is 16.1 Å². The van der Waals surface area contributed by atoms with Crippen molar-refractivity contribution in [2.75, 3.05) is 0 Å². The number of amides is 4. The second-order valence-corrected chi connectivity index (χ2v) is 8.08. The largest absolute Gasteiger partial charge is 0.347 e. The molecule has 4 rings (SSSR count). The van der Waals surface area contributed by atoms with Crippen LogP contribution in [-0.4, -0.2) is 33.4 Å². The van der Waals surface area contributed by atoms with E-state index in [0.29, 0.717) is 5.92 Å². The Morgan fingerprint density at radius 2 is 1.86 bits per heavy atom. The van der Waals surface area contributed by atoms with Crippen LogP contribution in [0.5, 0.6) is 0 Å². The number of nitrogens with zero attached hydrogens (tertiary/aromatic N) is 2. The zero-order valence-electron chi connectivity index (χ0n) is 16.3. The third kappa shape index (κ3) is 3.23. The normalized spacial score (nSPS) is 20.0. The van der Waals surface area contributed by atoms with E-state index in [1.54, 1.807) is 6.08 Å². The lowest BCUT2D eigenvalue weighted by molar-refractivity contribution is -0.131. The topological polar surface area (TPSA) is 71.4 Å². The van der Waals surface area contributed by atoms with E-state index < -0.39 is 17.8 Å². The van der Waals surface area contributed by atoms with Crippen molar-refractivity contribution >= 4 is 34.8 Å². The van der Waals surface area contributed by atoms with Crippen molar-refractivity contribution in [1.29, 1.82) is 0 Å². The van der Waals surface area contributed by atoms with Gasteiger partial charge >= 0.3 is 6.03 Å². The number of carbonyl (C=O) groups excluding carboxylic acids is 3. The van der Waals surface area contributed by atoms with Gasteiger partial charge in [0, 0.05) is 35.2 Å². The highest BCUT2D eigenvalue weighted by Gasteiger charge is 2.40. The highest BCUT2D eigenvalue weighted by molar-refractivity contribution is 6.31. The van der Waals surface area contributed by atoms with E-state index in [4.69, 9.17) is 0 Å². The predicted molar refractivity (Wildman–Crippen MR) is 107 cm³/mol. The Balaban J connectivity index is 1.76. The molecule has 1 aromatic heterocycles. The molecule has 0 atom stereocenters. The number of carbonyl (C=O) groups is 3. The van der Waals surface area contributed by atoms with E-state index in [1.165, 1.54) is 4.90 Å². The summed E-state index contributed by atoms with van der Waals surface area (Å²) in [7, 11) is 0. The zero-order valence-corrected chi connectivity index (χ0v) is 16.3. The molecule has 2 heterocycles. The Morgan fingerprint density at radius 1 is 1.14 bits per heavy atom. The van der Waals surface area contributed by atoms with Crippen molar-refractivity contribution in [3.8, 4) is 0 Å². The Morgan fingerprint density at radius 3 is 2.57 bits per heavy atom. The van der Waals surface area contributed by atoms with Crippen LogP contribution in [0.3, 0.4) is 0 Å². The number of fused-ring (bicyclic) bond motifs is 1. The van der Waals surface area contributed by atoms with Gasteiger partial charge in [0.05, 0.1) is 0 Å². The molecule has 0 spiro atoms. The molecule has 2 fully saturated rings. The Labute approximate surface area is 164 Å². The quantitative estimate of drug-likeness (QED) is 0.650. The van der Waals surface area contributed by atoms with Gasteiger partial charge in [-0.2, -0.15) is 0 Å². The number of urea groups is 1. The molecule has 0 radical (unpaired) electrons. The van der Waals surface area contributed by atoms with Gasteiger partial charge < -0.3 is 4.57 Å². The van der Waals surface area contributed by atoms with Crippen LogP contribution in [0.25, 0.3) is 17.0 Å². The number of para-hydroxylation sites is 1. The molecule has 146 valence electrons. The molecule has 1 N–H and O–H groups in total. The first kappa shape index (κ1) is 18.5. The van der Waals surface area contributed by atoms with Crippen molar-refractivity contribution in [2.45, 2.75) is 52.1 Å². The third-order valence-corrected chi connectivity index (χ3v) is 5.50. The molecule has 28 heavy (non-hydrogen) atoms. The molecule has 0 unspecified atom stereocenters. The summed E-state index contributed by atoms with van der Waals surface area (Å²) in [6, 6.07) is 7.24. The lowest BCUT2D eigenvalue weighted by atomic mass is 10.0. The van der Waals surface area contributed by atoms with E-state index in [9.17, 15) is 14.4 Å². The number of hydrogen-bond donors (Lipinski definition) is 1. The van der Waals surface area contributed by atoms with Crippen molar-refractivity contribution in [3.63, 3.8) is 0 Å². The fourth-order valence-electron chi connectivity index (χ4n) is 4.26. The van der Waals surface area contributed by atoms with Crippen molar-refractivity contribution in [3.05, 3.63) is 41.6 Å². The fourth-order valence-corrected chi connectivity index (χ4v) is 4.26. The summed E-state index contributed by atoms with van der Waals surface area (Å²) < 4.78 is 2.15. The molecule has 1 aromatic carbocycles. The molecule has 2 aromatic rings. The number of nitrogens with one attached hydrogen (secondary N) is 1. The van der Waals surface area contributed by atoms with Gasteiger partial charge in [0.2, 0.25) is 0 Å². The van der Waals surface area contributed by atoms with Crippen LogP contribution >= 0.6 is 0 Å². The summed E-state index contributed by atoms with van der Waals surface area (Å²) in [5, 5.41) is 3.33. The highest BCUT2D eigenvalue weighted by Crippen LogP contribution is 2.29. The Hall–Kier alpha value is -2.89. The lowest BCUT2D eigenvalue weighted by Gasteiger charge is -2.31. The molecule has 0 bridgehead atoms. The van der Waals surface area contributed by atoms with E-state index in [2.05, 4.69) is 23.7 Å². The number of hydrogen-bond acceptors (Lipinski definition) is 3. The van der Waals surface area contributed by atoms with Crippen LogP contribution in [0.15, 0.2) is 36.0 Å². The number of benzene rings is 1. The predicted octanol–water partition coefficient (Wildman–Crippen LogP) is 3.70. The van der Waals surface area contributed by atoms with E-state index in [1.807, 2.05) is 30.5 Å². The molecule has 1 aliphatic heterocycles. The van der Waals surface area contributed by atoms with Gasteiger partial charge in [-0.15, -0.1) is 0 Å². The maximum atomic E-state index is 13.0. The number of imide groups is 2. The standard InChI is InChI=1S/C22H25N3O3/c1-14(2)12-24-13-15(17-9-5-6-10-19(17)24)11-18-20(26)23-22(28)25(21(18)27)16-7-3-4-8-16/h5-6,9-11,13-14,16H,3-4,7-8,12H2,1-2H3,(H,23,26,28)/b18-11-. The van der Waals surface area contributed by atoms with Crippen LogP contribution < -0.4 is 5.32 Å². The lowest BCUT2D eigenvalue weighted by Crippen LogP contribution is -2.57. The van der Waals surface area contributed by atoms with Gasteiger partial charge in [-0.3, -0.25) is 19.8 Å². The van der Waals surface area contributed by atoms with E-state index in [0.717, 1.165) is 48.7 Å². The molecule has 1 aliphatic carbocycles. The molecule has 1 saturated heterocycles. The van der Waals surface area contributed by atoms with E-state index >= 15 is 0 Å². The number of barbiturate groups is 1. The molecule has 1 saturated carbocycles. The second-order valence-electron chi connectivity index (χ2n) is 8.08. The monoisotopic (exact) mass is 379 g/mol. The summed E-state index contributed by atoms with van der Waals surface area (Å²) in [4.78, 5) is 39.0. The van der Waals surface area contributed by atoms with Gasteiger partial charge in [-0.05, 0) is 30.9 Å². The van der Waals surface area contributed by atoms with Gasteiger partial charge in [0.15, 0.2) is 0 Å². The van der Waals surface area contributed by atoms with Gasteiger partial charge in [0.25, 0.3) is 11.8 Å². The Kier molecular flexibility index (Phi) is 4.79. The number of rotatable bonds is 4. The molecular formula is C22H25N3O3. The van der Waals surface area contributed by atoms with Gasteiger partial charge in [0.1, 0.15) is 5.57 Å². The van der Waals surface area contributed by atoms with Gasteiger partial charge in [-0.25, -0.2) is 4.79 Å². The minimum Gasteiger partial charge on any atom is -0.347 e. The second kappa shape index (κ2) is 7.26. The molecule has 6 heteroatoms. The van der Waals surface area contributed by atoms with Crippen LogP contribution in [0, 0.1) is 5.92 Å². The van der Waals surface area contributed by atoms with Gasteiger partial charge in [-0.1, -0.05) is 44.9 Å². The number of aromatic nitrogens is 1. The molecule has 2 aliphatic rings. The minimum atomic E-state index is -0.620. The molecular weight excluding hydrogens is 354 g/mol. The summed E-state index contributed by atoms with van der Waals surface area (Å²) in [6.45, 7) is 5.14. The maximum Gasteiger partial charge on any atom is 0.331 e. The van der Waals surface area contributed by atoms with Crippen molar-refractivity contribution < 1.29 is 14.4 Å². The molecule has 4 amide bonds. The average Bonchev–Trinajstić information content (AvgIpc) is 3.27. The first-order chi connectivity index (χ1) is 13.5. The Bertz CT molecular complexity index is 980. The van der Waals surface area contributed by atoms with Crippen molar-refractivity contribution in [2.24, 2.45) is 5.92 Å². The first-order valence-corrected chi connectivity index (χ1v) is 9.94. The third-order valence-electron chi connectivity index (χ3n) is 5.50. The maximum absolute atomic E-state index is 13.0. The summed E-state index contributed by atoms with van der Waals surface area (Å²) >= 11 is 0. The van der Waals surface area contributed by atoms with Crippen LogP contribution in [0.2, 0.25) is 0 Å². The smallest absolute Gasteiger partial charge is 0.331 e. The highest BCUT2D eigenvalue weighted by atomic mass is 16.2. The molecule has 6 nitrogen and oxygen atoms in total. The zero-order chi connectivity index (χ0) is 19.8. The fraction of sp³-hybridized carbons (Fsp3) is 0.409. The SMILES string of the molecule is CC(C)Cn1cc(/C=C2/C(=O)NC(=O)N(C3CCCC3)C2=O)c2ccccc21. The first-order valence-electron chi connectivity index (χ1n) is 9.94.